The minimum Gasteiger partial charge on any atom is -0.377 e. The lowest BCUT2D eigenvalue weighted by Gasteiger charge is -2.10. The van der Waals surface area contributed by atoms with Gasteiger partial charge in [0.15, 0.2) is 5.82 Å². The van der Waals surface area contributed by atoms with Crippen LogP contribution in [0.1, 0.15) is 16.5 Å². The molecule has 0 saturated heterocycles. The molecular weight excluding hydrogens is 364 g/mol. The first-order valence-corrected chi connectivity index (χ1v) is 9.98. The van der Waals surface area contributed by atoms with Gasteiger partial charge in [0, 0.05) is 23.4 Å². The van der Waals surface area contributed by atoms with E-state index >= 15 is 0 Å². The van der Waals surface area contributed by atoms with Crippen molar-refractivity contribution in [2.45, 2.75) is 20.1 Å². The van der Waals surface area contributed by atoms with E-state index in [9.17, 15) is 0 Å². The largest absolute Gasteiger partial charge is 0.377 e. The van der Waals surface area contributed by atoms with Gasteiger partial charge in [-0.05, 0) is 12.5 Å². The van der Waals surface area contributed by atoms with E-state index in [1.54, 1.807) is 29.8 Å². The van der Waals surface area contributed by atoms with Crippen LogP contribution in [0.2, 0.25) is 0 Å². The molecule has 132 valence electrons. The van der Waals surface area contributed by atoms with E-state index in [4.69, 9.17) is 9.72 Å². The molecule has 0 spiro atoms. The molecule has 0 atom stereocenters. The molecule has 0 saturated carbocycles. The highest BCUT2D eigenvalue weighted by molar-refractivity contribution is 7.17. The van der Waals surface area contributed by atoms with Gasteiger partial charge in [-0.2, -0.15) is 0 Å². The molecule has 0 unspecified atom stereocenters. The van der Waals surface area contributed by atoms with Gasteiger partial charge in [-0.15, -0.1) is 22.7 Å². The van der Waals surface area contributed by atoms with E-state index in [2.05, 4.69) is 38.2 Å². The SMILES string of the molecule is COCc1nc(NCc2csc(C)n2)c2c(-c3ccccc3)csc2n1. The Morgan fingerprint density at radius 3 is 2.62 bits per heavy atom. The van der Waals surface area contributed by atoms with Crippen molar-refractivity contribution in [1.29, 1.82) is 0 Å². The second kappa shape index (κ2) is 7.49. The monoisotopic (exact) mass is 382 g/mol. The minimum atomic E-state index is 0.388. The molecule has 4 rings (SSSR count). The van der Waals surface area contributed by atoms with Crippen molar-refractivity contribution in [3.8, 4) is 11.1 Å². The number of aryl methyl sites for hydroxylation is 1. The lowest BCUT2D eigenvalue weighted by Crippen LogP contribution is -2.06. The third kappa shape index (κ3) is 3.46. The summed E-state index contributed by atoms with van der Waals surface area (Å²) in [4.78, 5) is 14.9. The van der Waals surface area contributed by atoms with E-state index in [0.29, 0.717) is 19.0 Å². The van der Waals surface area contributed by atoms with Gasteiger partial charge in [-0.1, -0.05) is 30.3 Å². The Balaban J connectivity index is 1.77. The number of thiophene rings is 1. The molecule has 3 aromatic heterocycles. The van der Waals surface area contributed by atoms with Gasteiger partial charge in [-0.3, -0.25) is 0 Å². The number of aromatic nitrogens is 3. The van der Waals surface area contributed by atoms with Crippen molar-refractivity contribution < 1.29 is 4.74 Å². The van der Waals surface area contributed by atoms with E-state index in [-0.39, 0.29) is 0 Å². The number of ether oxygens (including phenoxy) is 1. The Kier molecular flexibility index (Phi) is 4.92. The van der Waals surface area contributed by atoms with Gasteiger partial charge in [0.25, 0.3) is 0 Å². The van der Waals surface area contributed by atoms with E-state index in [1.165, 1.54) is 0 Å². The smallest absolute Gasteiger partial charge is 0.158 e. The molecule has 7 heteroatoms. The Labute approximate surface area is 159 Å². The highest BCUT2D eigenvalue weighted by Gasteiger charge is 2.15. The van der Waals surface area contributed by atoms with Crippen molar-refractivity contribution >= 4 is 38.7 Å². The maximum absolute atomic E-state index is 5.23. The minimum absolute atomic E-state index is 0.388. The number of fused-ring (bicyclic) bond motifs is 1. The first-order chi connectivity index (χ1) is 12.7. The molecule has 1 aromatic carbocycles. The lowest BCUT2D eigenvalue weighted by atomic mass is 10.1. The number of nitrogens with zero attached hydrogens (tertiary/aromatic N) is 3. The fourth-order valence-corrected chi connectivity index (χ4v) is 4.38. The van der Waals surface area contributed by atoms with Crippen LogP contribution >= 0.6 is 22.7 Å². The van der Waals surface area contributed by atoms with Crippen molar-refractivity contribution in [3.05, 3.63) is 57.6 Å². The summed E-state index contributed by atoms with van der Waals surface area (Å²) in [5.41, 5.74) is 3.32. The number of rotatable bonds is 6. The average Bonchev–Trinajstić information content (AvgIpc) is 3.27. The molecule has 4 aromatic rings. The molecule has 26 heavy (non-hydrogen) atoms. The zero-order valence-corrected chi connectivity index (χ0v) is 16.2. The Morgan fingerprint density at radius 1 is 1.04 bits per heavy atom. The Bertz CT molecular complexity index is 1030. The number of methoxy groups -OCH3 is 1. The van der Waals surface area contributed by atoms with Crippen molar-refractivity contribution in [3.63, 3.8) is 0 Å². The fourth-order valence-electron chi connectivity index (χ4n) is 2.80. The first-order valence-electron chi connectivity index (χ1n) is 8.22. The Morgan fingerprint density at radius 2 is 1.88 bits per heavy atom. The highest BCUT2D eigenvalue weighted by atomic mass is 32.1. The summed E-state index contributed by atoms with van der Waals surface area (Å²) in [6, 6.07) is 10.3. The van der Waals surface area contributed by atoms with E-state index in [0.717, 1.165) is 37.9 Å². The van der Waals surface area contributed by atoms with Crippen LogP contribution in [0.5, 0.6) is 0 Å². The maximum Gasteiger partial charge on any atom is 0.158 e. The van der Waals surface area contributed by atoms with Crippen molar-refractivity contribution in [2.75, 3.05) is 12.4 Å². The van der Waals surface area contributed by atoms with Crippen LogP contribution in [0, 0.1) is 6.92 Å². The predicted octanol–water partition coefficient (Wildman–Crippen LogP) is 4.88. The second-order valence-electron chi connectivity index (χ2n) is 5.83. The maximum atomic E-state index is 5.23. The highest BCUT2D eigenvalue weighted by Crippen LogP contribution is 2.37. The number of anilines is 1. The molecule has 0 aliphatic rings. The summed E-state index contributed by atoms with van der Waals surface area (Å²) in [6.07, 6.45) is 0. The molecule has 1 N–H and O–H groups in total. The molecule has 0 bridgehead atoms. The molecule has 0 fully saturated rings. The second-order valence-corrected chi connectivity index (χ2v) is 7.75. The standard InChI is InChI=1S/C19H18N4OS2/c1-12-21-14(10-25-12)8-20-18-17-15(13-6-4-3-5-7-13)11-26-19(17)23-16(22-18)9-24-2/h3-7,10-11H,8-9H2,1-2H3,(H,20,22,23). The summed E-state index contributed by atoms with van der Waals surface area (Å²) >= 11 is 3.28. The summed E-state index contributed by atoms with van der Waals surface area (Å²) < 4.78 is 5.23. The number of hydrogen-bond acceptors (Lipinski definition) is 7. The van der Waals surface area contributed by atoms with Crippen molar-refractivity contribution in [1.82, 2.24) is 15.0 Å². The third-order valence-electron chi connectivity index (χ3n) is 3.94. The third-order valence-corrected chi connectivity index (χ3v) is 5.64. The summed E-state index contributed by atoms with van der Waals surface area (Å²) in [6.45, 7) is 3.03. The van der Waals surface area contributed by atoms with Crippen LogP contribution in [-0.2, 0) is 17.9 Å². The summed E-state index contributed by atoms with van der Waals surface area (Å²) in [7, 11) is 1.66. The zero-order chi connectivity index (χ0) is 17.9. The fraction of sp³-hybridized carbons (Fsp3) is 0.211. The van der Waals surface area contributed by atoms with Gasteiger partial charge in [-0.25, -0.2) is 15.0 Å². The van der Waals surface area contributed by atoms with E-state index in [1.807, 2.05) is 25.1 Å². The summed E-state index contributed by atoms with van der Waals surface area (Å²) in [5, 5.41) is 9.78. The first kappa shape index (κ1) is 17.1. The molecular formula is C19H18N4OS2. The van der Waals surface area contributed by atoms with Crippen LogP contribution in [0.25, 0.3) is 21.3 Å². The number of thiazole rings is 1. The van der Waals surface area contributed by atoms with Crippen LogP contribution < -0.4 is 5.32 Å². The topological polar surface area (TPSA) is 59.9 Å². The van der Waals surface area contributed by atoms with Gasteiger partial charge in [0.2, 0.25) is 0 Å². The zero-order valence-electron chi connectivity index (χ0n) is 14.5. The van der Waals surface area contributed by atoms with Crippen LogP contribution in [0.4, 0.5) is 5.82 Å². The molecule has 0 aliphatic heterocycles. The number of hydrogen-bond donors (Lipinski definition) is 1. The van der Waals surface area contributed by atoms with Crippen molar-refractivity contribution in [2.24, 2.45) is 0 Å². The quantitative estimate of drug-likeness (QED) is 0.515. The van der Waals surface area contributed by atoms with Gasteiger partial charge >= 0.3 is 0 Å². The van der Waals surface area contributed by atoms with E-state index < -0.39 is 0 Å². The lowest BCUT2D eigenvalue weighted by molar-refractivity contribution is 0.178. The van der Waals surface area contributed by atoms with Gasteiger partial charge in [0.1, 0.15) is 17.3 Å². The van der Waals surface area contributed by atoms with Crippen LogP contribution in [-0.4, -0.2) is 22.1 Å². The molecule has 3 heterocycles. The molecule has 0 aliphatic carbocycles. The van der Waals surface area contributed by atoms with Gasteiger partial charge in [0.05, 0.1) is 22.6 Å². The average molecular weight is 383 g/mol. The summed E-state index contributed by atoms with van der Waals surface area (Å²) in [5.74, 6) is 1.51. The normalized spacial score (nSPS) is 11.2. The molecule has 0 radical (unpaired) electrons. The molecule has 5 nitrogen and oxygen atoms in total. The van der Waals surface area contributed by atoms with Gasteiger partial charge < -0.3 is 10.1 Å². The number of benzene rings is 1. The predicted molar refractivity (Wildman–Crippen MR) is 108 cm³/mol. The van der Waals surface area contributed by atoms with Crippen LogP contribution in [0.15, 0.2) is 41.1 Å². The molecule has 0 amide bonds. The Hall–Kier alpha value is -2.35. The van der Waals surface area contributed by atoms with Crippen LogP contribution in [0.3, 0.4) is 0 Å². The number of nitrogens with one attached hydrogen (secondary N) is 1.